The minimum absolute atomic E-state index is 0.0615. The lowest BCUT2D eigenvalue weighted by Gasteiger charge is -2.58. The van der Waals surface area contributed by atoms with Crippen LogP contribution in [0.15, 0.2) is 48.1 Å². The molecule has 2 nitrogen and oxygen atoms in total. The van der Waals surface area contributed by atoms with Crippen LogP contribution in [0.1, 0.15) is 253 Å². The molecule has 8 unspecified atom stereocenters. The van der Waals surface area contributed by atoms with Crippen LogP contribution in [0, 0.1) is 46.3 Å². The molecule has 0 radical (unpaired) electrons. The molecule has 4 aliphatic carbocycles. The molecule has 0 bridgehead atoms. The van der Waals surface area contributed by atoms with Crippen molar-refractivity contribution in [3.05, 3.63) is 48.1 Å². The van der Waals surface area contributed by atoms with E-state index in [1.54, 1.807) is 5.57 Å². The normalized spacial score (nSPS) is 28.7. The number of allylic oxidation sites excluding steroid dienone is 7. The fourth-order valence-electron chi connectivity index (χ4n) is 12.9. The highest BCUT2D eigenvalue weighted by Gasteiger charge is 2.59. The van der Waals surface area contributed by atoms with Crippen LogP contribution in [0.25, 0.3) is 0 Å². The summed E-state index contributed by atoms with van der Waals surface area (Å²) in [6, 6.07) is 0. The Labute approximate surface area is 368 Å². The van der Waals surface area contributed by atoms with Gasteiger partial charge in [-0.2, -0.15) is 0 Å². The first kappa shape index (κ1) is 50.1. The predicted molar refractivity (Wildman–Crippen MR) is 258 cm³/mol. The van der Waals surface area contributed by atoms with Crippen molar-refractivity contribution in [1.82, 2.24) is 0 Å². The van der Waals surface area contributed by atoms with Gasteiger partial charge in [-0.1, -0.05) is 199 Å². The van der Waals surface area contributed by atoms with Crippen molar-refractivity contribution in [2.24, 2.45) is 46.3 Å². The zero-order valence-corrected chi connectivity index (χ0v) is 40.2. The lowest BCUT2D eigenvalue weighted by atomic mass is 9.47. The SMILES string of the molecule is CCCCCCC/C=C\C/C=C\C/C=C\CCCCCCCCCCCCCCC(=O)OC1CCC2(C)C(=CCC3C2CCC2(C)C(C(C)CCCC(C)C)CCC32)C1. The summed E-state index contributed by atoms with van der Waals surface area (Å²) in [7, 11) is 0. The summed E-state index contributed by atoms with van der Waals surface area (Å²) >= 11 is 0. The highest BCUT2D eigenvalue weighted by atomic mass is 16.5. The molecule has 0 N–H and O–H groups in total. The molecule has 4 rings (SSSR count). The monoisotopic (exact) mass is 815 g/mol. The molecule has 3 fully saturated rings. The first-order chi connectivity index (χ1) is 28.7. The van der Waals surface area contributed by atoms with Gasteiger partial charge in [-0.05, 0) is 136 Å². The zero-order valence-electron chi connectivity index (χ0n) is 40.2. The molecule has 0 aromatic heterocycles. The third-order valence-corrected chi connectivity index (χ3v) is 16.6. The zero-order chi connectivity index (χ0) is 42.2. The fraction of sp³-hybridized carbons (Fsp3) is 0.842. The molecule has 2 heteroatoms. The van der Waals surface area contributed by atoms with Crippen molar-refractivity contribution in [2.75, 3.05) is 0 Å². The third kappa shape index (κ3) is 16.9. The first-order valence-corrected chi connectivity index (χ1v) is 26.5. The van der Waals surface area contributed by atoms with E-state index in [0.717, 1.165) is 67.6 Å². The lowest BCUT2D eigenvalue weighted by Crippen LogP contribution is -2.51. The predicted octanol–water partition coefficient (Wildman–Crippen LogP) is 18.2. The number of hydrogen-bond donors (Lipinski definition) is 0. The van der Waals surface area contributed by atoms with Crippen LogP contribution in [-0.2, 0) is 9.53 Å². The fourth-order valence-corrected chi connectivity index (χ4v) is 12.9. The van der Waals surface area contributed by atoms with Gasteiger partial charge in [-0.15, -0.1) is 0 Å². The van der Waals surface area contributed by atoms with E-state index in [9.17, 15) is 4.79 Å². The van der Waals surface area contributed by atoms with Gasteiger partial charge in [0.05, 0.1) is 0 Å². The Hall–Kier alpha value is -1.57. The number of ether oxygens (including phenoxy) is 1. The molecule has 0 saturated heterocycles. The Bertz CT molecular complexity index is 1250. The molecule has 8 atom stereocenters. The molecule has 0 aromatic carbocycles. The average Bonchev–Trinajstić information content (AvgIpc) is 3.58. The standard InChI is InChI=1S/C57H98O2/c1-7-8-9-10-11-12-13-14-15-16-17-18-19-20-21-22-23-24-25-26-27-28-29-30-31-32-33-37-55(58)59-50-42-44-56(5)49(46-50)38-39-51-53-41-40-52(48(4)36-34-35-47(2)3)57(53,6)45-43-54(51)56/h13-14,16-17,19-20,38,47-48,50-54H,7-12,15,18,21-37,39-46H2,1-6H3/b14-13-,17-16-,20-19-. The summed E-state index contributed by atoms with van der Waals surface area (Å²) in [4.78, 5) is 12.9. The number of rotatable bonds is 31. The number of fused-ring (bicyclic) bond motifs is 5. The van der Waals surface area contributed by atoms with E-state index >= 15 is 0 Å². The highest BCUT2D eigenvalue weighted by molar-refractivity contribution is 5.69. The van der Waals surface area contributed by atoms with Crippen LogP contribution in [-0.4, -0.2) is 12.1 Å². The lowest BCUT2D eigenvalue weighted by molar-refractivity contribution is -0.151. The minimum Gasteiger partial charge on any atom is -0.462 e. The van der Waals surface area contributed by atoms with Gasteiger partial charge >= 0.3 is 5.97 Å². The van der Waals surface area contributed by atoms with Gasteiger partial charge in [0.2, 0.25) is 0 Å². The maximum Gasteiger partial charge on any atom is 0.306 e. The molecular formula is C57H98O2. The van der Waals surface area contributed by atoms with Crippen LogP contribution in [0.5, 0.6) is 0 Å². The maximum absolute atomic E-state index is 12.9. The summed E-state index contributed by atoms with van der Waals surface area (Å²) in [5.41, 5.74) is 2.52. The van der Waals surface area contributed by atoms with Gasteiger partial charge in [0, 0.05) is 12.8 Å². The van der Waals surface area contributed by atoms with E-state index in [2.05, 4.69) is 84.1 Å². The van der Waals surface area contributed by atoms with Crippen molar-refractivity contribution in [3.8, 4) is 0 Å². The van der Waals surface area contributed by atoms with Crippen molar-refractivity contribution in [3.63, 3.8) is 0 Å². The van der Waals surface area contributed by atoms with Gasteiger partial charge in [0.1, 0.15) is 6.10 Å². The van der Waals surface area contributed by atoms with Crippen LogP contribution in [0.2, 0.25) is 0 Å². The van der Waals surface area contributed by atoms with Gasteiger partial charge in [-0.3, -0.25) is 4.79 Å². The largest absolute Gasteiger partial charge is 0.462 e. The number of hydrogen-bond acceptors (Lipinski definition) is 2. The number of carbonyl (C=O) groups excluding carboxylic acids is 1. The molecule has 3 saturated carbocycles. The Morgan fingerprint density at radius 2 is 1.24 bits per heavy atom. The van der Waals surface area contributed by atoms with Gasteiger partial charge in [0.15, 0.2) is 0 Å². The average molecular weight is 815 g/mol. The minimum atomic E-state index is 0.0615. The van der Waals surface area contributed by atoms with Crippen molar-refractivity contribution < 1.29 is 9.53 Å². The van der Waals surface area contributed by atoms with Crippen LogP contribution < -0.4 is 0 Å². The highest BCUT2D eigenvalue weighted by Crippen LogP contribution is 2.67. The van der Waals surface area contributed by atoms with Gasteiger partial charge in [-0.25, -0.2) is 0 Å². The second kappa shape index (κ2) is 28.2. The quantitative estimate of drug-likeness (QED) is 0.0396. The number of unbranched alkanes of at least 4 members (excludes halogenated alkanes) is 17. The van der Waals surface area contributed by atoms with Crippen molar-refractivity contribution in [2.45, 2.75) is 260 Å². The van der Waals surface area contributed by atoms with Crippen LogP contribution >= 0.6 is 0 Å². The molecule has 0 aromatic rings. The van der Waals surface area contributed by atoms with E-state index < -0.39 is 0 Å². The summed E-state index contributed by atoms with van der Waals surface area (Å²) in [5.74, 6) is 5.31. The molecule has 0 aliphatic heterocycles. The molecule has 338 valence electrons. The number of esters is 1. The van der Waals surface area contributed by atoms with Crippen LogP contribution in [0.4, 0.5) is 0 Å². The Kier molecular flexibility index (Phi) is 23.9. The second-order valence-corrected chi connectivity index (χ2v) is 21.5. The second-order valence-electron chi connectivity index (χ2n) is 21.5. The summed E-state index contributed by atoms with van der Waals surface area (Å²) in [6.45, 7) is 15.0. The molecule has 4 aliphatic rings. The van der Waals surface area contributed by atoms with Crippen molar-refractivity contribution in [1.29, 1.82) is 0 Å². The third-order valence-electron chi connectivity index (χ3n) is 16.6. The Morgan fingerprint density at radius 3 is 1.85 bits per heavy atom. The molecule has 0 amide bonds. The van der Waals surface area contributed by atoms with Crippen molar-refractivity contribution >= 4 is 5.97 Å². The maximum atomic E-state index is 12.9. The van der Waals surface area contributed by atoms with Gasteiger partial charge < -0.3 is 4.74 Å². The topological polar surface area (TPSA) is 26.3 Å². The van der Waals surface area contributed by atoms with E-state index in [4.69, 9.17) is 4.74 Å². The summed E-state index contributed by atoms with van der Waals surface area (Å²) in [5, 5.41) is 0. The molecule has 0 heterocycles. The number of carbonyl (C=O) groups is 1. The summed E-state index contributed by atoms with van der Waals surface area (Å²) < 4.78 is 6.17. The van der Waals surface area contributed by atoms with Crippen LogP contribution in [0.3, 0.4) is 0 Å². The molecule has 59 heavy (non-hydrogen) atoms. The van der Waals surface area contributed by atoms with Gasteiger partial charge in [0.25, 0.3) is 0 Å². The summed E-state index contributed by atoms with van der Waals surface area (Å²) in [6.07, 6.45) is 59.3. The Balaban J connectivity index is 0.957. The van der Waals surface area contributed by atoms with E-state index in [1.165, 1.54) is 173 Å². The first-order valence-electron chi connectivity index (χ1n) is 26.5. The van der Waals surface area contributed by atoms with E-state index in [1.807, 2.05) is 0 Å². The van der Waals surface area contributed by atoms with E-state index in [-0.39, 0.29) is 12.1 Å². The Morgan fingerprint density at radius 1 is 0.661 bits per heavy atom. The smallest absolute Gasteiger partial charge is 0.306 e. The van der Waals surface area contributed by atoms with E-state index in [0.29, 0.717) is 17.3 Å². The molecule has 0 spiro atoms. The molecular weight excluding hydrogens is 717 g/mol.